The SMILES string of the molecule is COCOCC1C(OCOC)C[C@H]2OC(O)CC12. The van der Waals surface area contributed by atoms with E-state index in [-0.39, 0.29) is 31.7 Å². The molecular weight excluding hydrogens is 240 g/mol. The summed E-state index contributed by atoms with van der Waals surface area (Å²) < 4.78 is 26.4. The van der Waals surface area contributed by atoms with Gasteiger partial charge in [-0.1, -0.05) is 0 Å². The van der Waals surface area contributed by atoms with Gasteiger partial charge >= 0.3 is 0 Å². The van der Waals surface area contributed by atoms with E-state index in [4.69, 9.17) is 23.7 Å². The maximum atomic E-state index is 9.53. The molecule has 1 heterocycles. The number of methoxy groups -OCH3 is 2. The summed E-state index contributed by atoms with van der Waals surface area (Å²) in [5.41, 5.74) is 0. The van der Waals surface area contributed by atoms with Crippen molar-refractivity contribution in [3.8, 4) is 0 Å². The van der Waals surface area contributed by atoms with Gasteiger partial charge in [-0.2, -0.15) is 0 Å². The van der Waals surface area contributed by atoms with Crippen molar-refractivity contribution in [3.63, 3.8) is 0 Å². The van der Waals surface area contributed by atoms with Crippen LogP contribution in [0.3, 0.4) is 0 Å². The molecule has 106 valence electrons. The fraction of sp³-hybridized carbons (Fsp3) is 1.00. The fourth-order valence-electron chi connectivity index (χ4n) is 2.95. The number of hydrogen-bond donors (Lipinski definition) is 1. The van der Waals surface area contributed by atoms with Gasteiger partial charge in [-0.25, -0.2) is 0 Å². The molecule has 1 saturated heterocycles. The van der Waals surface area contributed by atoms with E-state index in [0.717, 1.165) is 6.42 Å². The molecule has 5 atom stereocenters. The van der Waals surface area contributed by atoms with E-state index >= 15 is 0 Å². The van der Waals surface area contributed by atoms with E-state index in [1.165, 1.54) is 0 Å². The van der Waals surface area contributed by atoms with Gasteiger partial charge in [0.15, 0.2) is 6.29 Å². The predicted molar refractivity (Wildman–Crippen MR) is 61.7 cm³/mol. The van der Waals surface area contributed by atoms with Crippen molar-refractivity contribution in [1.29, 1.82) is 0 Å². The van der Waals surface area contributed by atoms with Crippen molar-refractivity contribution >= 4 is 0 Å². The van der Waals surface area contributed by atoms with Crippen LogP contribution < -0.4 is 0 Å². The molecule has 0 amide bonds. The molecule has 18 heavy (non-hydrogen) atoms. The molecule has 2 rings (SSSR count). The normalized spacial score (nSPS) is 39.2. The zero-order valence-corrected chi connectivity index (χ0v) is 10.9. The molecule has 1 saturated carbocycles. The summed E-state index contributed by atoms with van der Waals surface area (Å²) in [6, 6.07) is 0. The topological polar surface area (TPSA) is 66.4 Å². The number of rotatable bonds is 7. The molecule has 1 aliphatic heterocycles. The van der Waals surface area contributed by atoms with E-state index in [1.54, 1.807) is 14.2 Å². The second kappa shape index (κ2) is 6.79. The molecule has 0 aromatic carbocycles. The van der Waals surface area contributed by atoms with E-state index in [0.29, 0.717) is 18.9 Å². The molecule has 1 N–H and O–H groups in total. The van der Waals surface area contributed by atoms with Crippen LogP contribution in [-0.2, 0) is 23.7 Å². The highest BCUT2D eigenvalue weighted by atomic mass is 16.7. The second-order valence-corrected chi connectivity index (χ2v) is 4.82. The van der Waals surface area contributed by atoms with Crippen LogP contribution in [-0.4, -0.2) is 58.0 Å². The van der Waals surface area contributed by atoms with Crippen molar-refractivity contribution in [1.82, 2.24) is 0 Å². The predicted octanol–water partition coefficient (Wildman–Crippen LogP) is 0.339. The van der Waals surface area contributed by atoms with Gasteiger partial charge in [-0.05, 0) is 5.92 Å². The van der Waals surface area contributed by atoms with Crippen LogP contribution in [0.15, 0.2) is 0 Å². The molecule has 1 aliphatic carbocycles. The molecule has 2 aliphatic rings. The summed E-state index contributed by atoms with van der Waals surface area (Å²) in [4.78, 5) is 0. The monoisotopic (exact) mass is 262 g/mol. The first kappa shape index (κ1) is 14.2. The maximum absolute atomic E-state index is 9.53. The average Bonchev–Trinajstić information content (AvgIpc) is 2.84. The van der Waals surface area contributed by atoms with Crippen LogP contribution in [0.5, 0.6) is 0 Å². The van der Waals surface area contributed by atoms with Crippen molar-refractivity contribution < 1.29 is 28.8 Å². The fourth-order valence-corrected chi connectivity index (χ4v) is 2.95. The molecule has 0 aromatic rings. The van der Waals surface area contributed by atoms with Gasteiger partial charge in [0.2, 0.25) is 0 Å². The number of aliphatic hydroxyl groups excluding tert-OH is 1. The quantitative estimate of drug-likeness (QED) is 0.527. The highest BCUT2D eigenvalue weighted by Crippen LogP contribution is 2.44. The molecule has 0 bridgehead atoms. The third kappa shape index (κ3) is 3.20. The Hall–Kier alpha value is -0.240. The smallest absolute Gasteiger partial charge is 0.155 e. The Kier molecular flexibility index (Phi) is 5.35. The lowest BCUT2D eigenvalue weighted by Gasteiger charge is -2.23. The molecule has 6 heteroatoms. The Morgan fingerprint density at radius 2 is 1.94 bits per heavy atom. The highest BCUT2D eigenvalue weighted by molar-refractivity contribution is 4.96. The number of aliphatic hydroxyl groups is 1. The van der Waals surface area contributed by atoms with Crippen LogP contribution in [0.25, 0.3) is 0 Å². The van der Waals surface area contributed by atoms with Gasteiger partial charge < -0.3 is 28.8 Å². The number of ether oxygens (including phenoxy) is 5. The van der Waals surface area contributed by atoms with Gasteiger partial charge in [0.1, 0.15) is 13.6 Å². The van der Waals surface area contributed by atoms with Crippen LogP contribution >= 0.6 is 0 Å². The van der Waals surface area contributed by atoms with Gasteiger partial charge in [0, 0.05) is 33.0 Å². The van der Waals surface area contributed by atoms with E-state index < -0.39 is 6.29 Å². The largest absolute Gasteiger partial charge is 0.368 e. The Bertz CT molecular complexity index is 249. The summed E-state index contributed by atoms with van der Waals surface area (Å²) in [6.07, 6.45) is 0.917. The van der Waals surface area contributed by atoms with Gasteiger partial charge in [-0.3, -0.25) is 0 Å². The lowest BCUT2D eigenvalue weighted by Crippen LogP contribution is -2.28. The van der Waals surface area contributed by atoms with Crippen LogP contribution in [0, 0.1) is 11.8 Å². The zero-order valence-electron chi connectivity index (χ0n) is 10.9. The third-order valence-electron chi connectivity index (χ3n) is 3.69. The second-order valence-electron chi connectivity index (χ2n) is 4.82. The molecule has 0 radical (unpaired) electrons. The van der Waals surface area contributed by atoms with Gasteiger partial charge in [0.05, 0.1) is 18.8 Å². The first-order chi connectivity index (χ1) is 8.76. The summed E-state index contributed by atoms with van der Waals surface area (Å²) in [5, 5.41) is 9.53. The van der Waals surface area contributed by atoms with Crippen molar-refractivity contribution in [3.05, 3.63) is 0 Å². The first-order valence-corrected chi connectivity index (χ1v) is 6.27. The van der Waals surface area contributed by atoms with Crippen molar-refractivity contribution in [2.75, 3.05) is 34.4 Å². The maximum Gasteiger partial charge on any atom is 0.155 e. The average molecular weight is 262 g/mol. The van der Waals surface area contributed by atoms with E-state index in [2.05, 4.69) is 0 Å². The van der Waals surface area contributed by atoms with E-state index in [9.17, 15) is 5.11 Å². The molecule has 4 unspecified atom stereocenters. The van der Waals surface area contributed by atoms with Crippen LogP contribution in [0.1, 0.15) is 12.8 Å². The summed E-state index contributed by atoms with van der Waals surface area (Å²) in [6.45, 7) is 1.10. The minimum Gasteiger partial charge on any atom is -0.368 e. The summed E-state index contributed by atoms with van der Waals surface area (Å²) in [7, 11) is 3.20. The lowest BCUT2D eigenvalue weighted by atomic mass is 9.93. The Morgan fingerprint density at radius 1 is 1.17 bits per heavy atom. The van der Waals surface area contributed by atoms with Gasteiger partial charge in [-0.15, -0.1) is 0 Å². The van der Waals surface area contributed by atoms with Crippen LogP contribution in [0.2, 0.25) is 0 Å². The first-order valence-electron chi connectivity index (χ1n) is 6.27. The Labute approximate surface area is 107 Å². The van der Waals surface area contributed by atoms with Crippen molar-refractivity contribution in [2.24, 2.45) is 11.8 Å². The Morgan fingerprint density at radius 3 is 2.67 bits per heavy atom. The van der Waals surface area contributed by atoms with E-state index in [1.807, 2.05) is 0 Å². The summed E-state index contributed by atoms with van der Waals surface area (Å²) >= 11 is 0. The molecule has 0 aromatic heterocycles. The highest BCUT2D eigenvalue weighted by Gasteiger charge is 2.49. The summed E-state index contributed by atoms with van der Waals surface area (Å²) in [5.74, 6) is 0.510. The van der Waals surface area contributed by atoms with Crippen molar-refractivity contribution in [2.45, 2.75) is 31.3 Å². The zero-order chi connectivity index (χ0) is 13.0. The molecule has 2 fully saturated rings. The lowest BCUT2D eigenvalue weighted by molar-refractivity contribution is -0.125. The molecule has 6 nitrogen and oxygen atoms in total. The molecule has 0 spiro atoms. The minimum atomic E-state index is -0.645. The number of hydrogen-bond acceptors (Lipinski definition) is 6. The third-order valence-corrected chi connectivity index (χ3v) is 3.69. The standard InChI is InChI=1S/C12H22O6/c1-14-6-16-5-9-8-3-12(13)18-11(8)4-10(9)17-7-15-2/h8-13H,3-7H2,1-2H3/t8?,9?,10?,11-,12?/m1/s1. The number of fused-ring (bicyclic) bond motifs is 1. The minimum absolute atomic E-state index is 0.0595. The molecular formula is C12H22O6. The van der Waals surface area contributed by atoms with Gasteiger partial charge in [0.25, 0.3) is 0 Å². The van der Waals surface area contributed by atoms with Crippen LogP contribution in [0.4, 0.5) is 0 Å². The Balaban J connectivity index is 1.89.